The maximum atomic E-state index is 12.1. The molecule has 0 aliphatic carbocycles. The van der Waals surface area contributed by atoms with Crippen molar-refractivity contribution in [1.82, 2.24) is 0 Å². The van der Waals surface area contributed by atoms with E-state index < -0.39 is 0 Å². The fourth-order valence-corrected chi connectivity index (χ4v) is 3.79. The van der Waals surface area contributed by atoms with Crippen LogP contribution in [-0.4, -0.2) is 25.8 Å². The molecule has 4 aromatic rings. The fraction of sp³-hybridized carbons (Fsp3) is 0.133. The van der Waals surface area contributed by atoms with E-state index in [0.717, 1.165) is 33.8 Å². The van der Waals surface area contributed by atoms with Crippen molar-refractivity contribution in [2.75, 3.05) is 14.2 Å². The minimum Gasteiger partial charge on any atom is -0.497 e. The number of ether oxygens (including phenoxy) is 3. The predicted octanol–water partition coefficient (Wildman–Crippen LogP) is 7.24. The summed E-state index contributed by atoms with van der Waals surface area (Å²) in [6.07, 6.45) is 0. The summed E-state index contributed by atoms with van der Waals surface area (Å²) in [4.78, 5) is 24.3. The van der Waals surface area contributed by atoms with Gasteiger partial charge in [0.25, 0.3) is 0 Å². The van der Waals surface area contributed by atoms with Crippen molar-refractivity contribution < 1.29 is 23.8 Å². The summed E-state index contributed by atoms with van der Waals surface area (Å²) in [6.45, 7) is 3.04. The molecular weight excluding hydrogens is 440 g/mol. The van der Waals surface area contributed by atoms with Crippen molar-refractivity contribution in [3.05, 3.63) is 96.1 Å². The molecule has 0 aromatic heterocycles. The van der Waals surface area contributed by atoms with E-state index in [1.165, 1.54) is 13.8 Å². The molecule has 0 aliphatic heterocycles. The third kappa shape index (κ3) is 5.25. The number of methoxy groups -OCH3 is 2. The molecule has 0 N–H and O–H groups in total. The molecule has 0 amide bonds. The Balaban J connectivity index is 1.85. The van der Waals surface area contributed by atoms with Crippen LogP contribution in [0.5, 0.6) is 23.0 Å². The quantitative estimate of drug-likeness (QED) is 0.256. The van der Waals surface area contributed by atoms with Crippen molar-refractivity contribution >= 4 is 11.6 Å². The fourth-order valence-electron chi connectivity index (χ4n) is 3.79. The minimum absolute atomic E-state index is 0.0657. The van der Waals surface area contributed by atoms with Crippen molar-refractivity contribution in [3.8, 4) is 45.3 Å². The van der Waals surface area contributed by atoms with E-state index >= 15 is 0 Å². The first kappa shape index (κ1) is 23.8. The number of Topliss-reactive ketones (excluding diaryl/α,β-unsaturated/α-hetero) is 2. The second-order valence-electron chi connectivity index (χ2n) is 8.09. The normalized spacial score (nSPS) is 10.5. The second kappa shape index (κ2) is 10.3. The Morgan fingerprint density at radius 2 is 0.914 bits per heavy atom. The van der Waals surface area contributed by atoms with Gasteiger partial charge in [-0.1, -0.05) is 36.4 Å². The Bertz CT molecular complexity index is 1260. The molecule has 35 heavy (non-hydrogen) atoms. The summed E-state index contributed by atoms with van der Waals surface area (Å²) < 4.78 is 17.0. The van der Waals surface area contributed by atoms with E-state index in [9.17, 15) is 9.59 Å². The molecule has 4 rings (SSSR count). The number of hydrogen-bond acceptors (Lipinski definition) is 5. The van der Waals surface area contributed by atoms with Crippen LogP contribution in [0.15, 0.2) is 84.9 Å². The van der Waals surface area contributed by atoms with E-state index in [0.29, 0.717) is 22.6 Å². The first-order valence-corrected chi connectivity index (χ1v) is 11.2. The van der Waals surface area contributed by atoms with Crippen LogP contribution >= 0.6 is 0 Å². The van der Waals surface area contributed by atoms with Crippen LogP contribution in [0.2, 0.25) is 0 Å². The Morgan fingerprint density at radius 1 is 0.543 bits per heavy atom. The van der Waals surface area contributed by atoms with Gasteiger partial charge < -0.3 is 14.2 Å². The highest BCUT2D eigenvalue weighted by Crippen LogP contribution is 2.40. The molecule has 0 aliphatic rings. The van der Waals surface area contributed by atoms with Crippen LogP contribution in [0.3, 0.4) is 0 Å². The molecule has 0 spiro atoms. The van der Waals surface area contributed by atoms with Crippen LogP contribution in [0.1, 0.15) is 34.6 Å². The summed E-state index contributed by atoms with van der Waals surface area (Å²) >= 11 is 0. The lowest BCUT2D eigenvalue weighted by Gasteiger charge is -2.17. The van der Waals surface area contributed by atoms with Gasteiger partial charge in [-0.25, -0.2) is 0 Å². The Morgan fingerprint density at radius 3 is 1.23 bits per heavy atom. The molecule has 4 aromatic carbocycles. The average molecular weight is 467 g/mol. The lowest BCUT2D eigenvalue weighted by Crippen LogP contribution is -1.98. The summed E-state index contributed by atoms with van der Waals surface area (Å²) in [5.74, 6) is 2.38. The van der Waals surface area contributed by atoms with Crippen LogP contribution in [0.25, 0.3) is 22.3 Å². The highest BCUT2D eigenvalue weighted by molar-refractivity contribution is 5.96. The summed E-state index contributed by atoms with van der Waals surface area (Å²) in [5.41, 5.74) is 4.50. The van der Waals surface area contributed by atoms with Crippen LogP contribution in [0, 0.1) is 0 Å². The number of carbonyl (C=O) groups is 2. The zero-order chi connectivity index (χ0) is 24.9. The molecule has 0 heterocycles. The molecule has 0 unspecified atom stereocenters. The van der Waals surface area contributed by atoms with Crippen molar-refractivity contribution in [2.24, 2.45) is 0 Å². The maximum absolute atomic E-state index is 12.1. The molecule has 176 valence electrons. The van der Waals surface area contributed by atoms with Crippen LogP contribution in [-0.2, 0) is 0 Å². The van der Waals surface area contributed by atoms with Gasteiger partial charge in [0.15, 0.2) is 11.6 Å². The third-order valence-corrected chi connectivity index (χ3v) is 5.80. The molecule has 5 heteroatoms. The maximum Gasteiger partial charge on any atom is 0.159 e. The second-order valence-corrected chi connectivity index (χ2v) is 8.09. The highest BCUT2D eigenvalue weighted by Gasteiger charge is 2.16. The molecule has 5 nitrogen and oxygen atoms in total. The molecule has 0 bridgehead atoms. The Kier molecular flexibility index (Phi) is 6.97. The molecule has 0 saturated heterocycles. The number of hydrogen-bond donors (Lipinski definition) is 0. The zero-order valence-corrected chi connectivity index (χ0v) is 20.1. The van der Waals surface area contributed by atoms with Gasteiger partial charge in [0.2, 0.25) is 0 Å². The SMILES string of the molecule is COc1ccc(-c2ccc(C(C)=O)cc2Oc2cc(C(C)=O)ccc2-c2ccc(OC)cc2)cc1. The topological polar surface area (TPSA) is 61.8 Å². The van der Waals surface area contributed by atoms with E-state index in [1.54, 1.807) is 38.5 Å². The van der Waals surface area contributed by atoms with Gasteiger partial charge in [0, 0.05) is 22.3 Å². The van der Waals surface area contributed by atoms with Gasteiger partial charge in [-0.15, -0.1) is 0 Å². The third-order valence-electron chi connectivity index (χ3n) is 5.80. The number of ketones is 2. The average Bonchev–Trinajstić information content (AvgIpc) is 2.88. The number of carbonyl (C=O) groups excluding carboxylic acids is 2. The molecule has 0 saturated carbocycles. The minimum atomic E-state index is -0.0657. The van der Waals surface area contributed by atoms with Gasteiger partial charge in [-0.05, 0) is 73.5 Å². The van der Waals surface area contributed by atoms with Gasteiger partial charge in [-0.2, -0.15) is 0 Å². The smallest absolute Gasteiger partial charge is 0.159 e. The molecule has 0 radical (unpaired) electrons. The number of benzene rings is 4. The lowest BCUT2D eigenvalue weighted by molar-refractivity contribution is 0.100. The van der Waals surface area contributed by atoms with E-state index in [2.05, 4.69) is 0 Å². The van der Waals surface area contributed by atoms with Gasteiger partial charge in [-0.3, -0.25) is 9.59 Å². The molecule has 0 fully saturated rings. The first-order valence-electron chi connectivity index (χ1n) is 11.2. The summed E-state index contributed by atoms with van der Waals surface area (Å²) in [5, 5.41) is 0. The summed E-state index contributed by atoms with van der Waals surface area (Å²) in [6, 6.07) is 26.0. The van der Waals surface area contributed by atoms with Gasteiger partial charge in [0.1, 0.15) is 23.0 Å². The van der Waals surface area contributed by atoms with Gasteiger partial charge >= 0.3 is 0 Å². The van der Waals surface area contributed by atoms with Crippen LogP contribution < -0.4 is 14.2 Å². The monoisotopic (exact) mass is 466 g/mol. The van der Waals surface area contributed by atoms with Crippen molar-refractivity contribution in [1.29, 1.82) is 0 Å². The Hall–Kier alpha value is -4.38. The number of rotatable bonds is 8. The molecule has 0 atom stereocenters. The zero-order valence-electron chi connectivity index (χ0n) is 20.1. The first-order chi connectivity index (χ1) is 16.9. The standard InChI is InChI=1S/C30H26O5/c1-19(31)23-9-15-27(21-5-11-25(33-3)12-6-21)29(17-23)35-30-18-24(20(2)32)10-16-28(30)22-7-13-26(34-4)14-8-22/h5-18H,1-4H3. The summed E-state index contributed by atoms with van der Waals surface area (Å²) in [7, 11) is 3.24. The van der Waals surface area contributed by atoms with Crippen molar-refractivity contribution in [2.45, 2.75) is 13.8 Å². The largest absolute Gasteiger partial charge is 0.497 e. The van der Waals surface area contributed by atoms with E-state index in [-0.39, 0.29) is 11.6 Å². The van der Waals surface area contributed by atoms with Crippen molar-refractivity contribution in [3.63, 3.8) is 0 Å². The molecular formula is C30H26O5. The Labute approximate surface area is 204 Å². The van der Waals surface area contributed by atoms with E-state index in [4.69, 9.17) is 14.2 Å². The van der Waals surface area contributed by atoms with Crippen LogP contribution in [0.4, 0.5) is 0 Å². The van der Waals surface area contributed by atoms with Gasteiger partial charge in [0.05, 0.1) is 14.2 Å². The van der Waals surface area contributed by atoms with E-state index in [1.807, 2.05) is 60.7 Å². The lowest BCUT2D eigenvalue weighted by atomic mass is 9.99. The predicted molar refractivity (Wildman–Crippen MR) is 137 cm³/mol. The highest BCUT2D eigenvalue weighted by atomic mass is 16.5.